The highest BCUT2D eigenvalue weighted by molar-refractivity contribution is 5.77. The lowest BCUT2D eigenvalue weighted by atomic mass is 10.2. The van der Waals surface area contributed by atoms with Gasteiger partial charge in [-0.25, -0.2) is 0 Å². The Kier molecular flexibility index (Phi) is 3.23. The van der Waals surface area contributed by atoms with Gasteiger partial charge in [0.25, 0.3) is 0 Å². The summed E-state index contributed by atoms with van der Waals surface area (Å²) in [6.45, 7) is 0. The van der Waals surface area contributed by atoms with E-state index in [0.717, 1.165) is 12.6 Å². The maximum Gasteiger partial charge on any atom is 0.0701 e. The van der Waals surface area contributed by atoms with E-state index in [2.05, 4.69) is 17.1 Å². The molecule has 12 heavy (non-hydrogen) atoms. The first kappa shape index (κ1) is 8.68. The van der Waals surface area contributed by atoms with Crippen LogP contribution in [0.25, 0.3) is 10.9 Å². The van der Waals surface area contributed by atoms with Crippen LogP contribution in [-0.2, 0) is 0 Å². The van der Waals surface area contributed by atoms with Crippen LogP contribution >= 0.6 is 0 Å². The number of fused-ring (bicyclic) bond motifs is 1. The van der Waals surface area contributed by atoms with E-state index in [1.54, 1.807) is 0 Å². The molecule has 0 unspecified atom stereocenters. The molecule has 0 aliphatic rings. The van der Waals surface area contributed by atoms with E-state index in [9.17, 15) is 0 Å². The second kappa shape index (κ2) is 4.46. The van der Waals surface area contributed by atoms with E-state index in [1.807, 2.05) is 30.5 Å². The summed E-state index contributed by atoms with van der Waals surface area (Å²) in [6, 6.07) is 12.1. The lowest BCUT2D eigenvalue weighted by molar-refractivity contribution is 0.399. The SMILES string of the molecule is CO.c1ccc2ncccc2c1. The standard InChI is InChI=1S/C9H7N.CH4O/c1-2-6-9-8(4-1)5-3-7-10-9;1-2/h1-7H;2H,1H3. The number of aromatic nitrogens is 1. The highest BCUT2D eigenvalue weighted by Gasteiger charge is 1.86. The van der Waals surface area contributed by atoms with Crippen molar-refractivity contribution in [2.75, 3.05) is 7.11 Å². The van der Waals surface area contributed by atoms with E-state index in [-0.39, 0.29) is 0 Å². The molecule has 2 heteroatoms. The molecular weight excluding hydrogens is 150 g/mol. The van der Waals surface area contributed by atoms with Crippen molar-refractivity contribution in [3.63, 3.8) is 0 Å². The molecule has 0 aliphatic carbocycles. The van der Waals surface area contributed by atoms with Crippen LogP contribution in [0.4, 0.5) is 0 Å². The first-order valence-corrected chi connectivity index (χ1v) is 3.71. The maximum atomic E-state index is 7.00. The highest BCUT2D eigenvalue weighted by Crippen LogP contribution is 2.07. The normalized spacial score (nSPS) is 8.83. The van der Waals surface area contributed by atoms with Crippen LogP contribution in [0.3, 0.4) is 0 Å². The fourth-order valence-electron chi connectivity index (χ4n) is 1.02. The number of pyridine rings is 1. The summed E-state index contributed by atoms with van der Waals surface area (Å²) in [5, 5.41) is 8.20. The average molecular weight is 161 g/mol. The fourth-order valence-corrected chi connectivity index (χ4v) is 1.02. The van der Waals surface area contributed by atoms with Gasteiger partial charge < -0.3 is 5.11 Å². The number of nitrogens with zero attached hydrogens (tertiary/aromatic N) is 1. The Hall–Kier alpha value is -1.41. The summed E-state index contributed by atoms with van der Waals surface area (Å²) in [4.78, 5) is 4.18. The summed E-state index contributed by atoms with van der Waals surface area (Å²) in [6.07, 6.45) is 1.81. The summed E-state index contributed by atoms with van der Waals surface area (Å²) < 4.78 is 0. The molecule has 0 bridgehead atoms. The third-order valence-electron chi connectivity index (χ3n) is 1.51. The Balaban J connectivity index is 0.000000336. The van der Waals surface area contributed by atoms with Crippen LogP contribution in [0, 0.1) is 0 Å². The molecule has 2 rings (SSSR count). The number of aliphatic hydroxyl groups excluding tert-OH is 1. The molecule has 1 N–H and O–H groups in total. The van der Waals surface area contributed by atoms with Gasteiger partial charge in [-0.05, 0) is 12.1 Å². The van der Waals surface area contributed by atoms with Crippen LogP contribution in [-0.4, -0.2) is 17.2 Å². The minimum Gasteiger partial charge on any atom is -0.400 e. The number of hydrogen-bond donors (Lipinski definition) is 1. The Bertz CT molecular complexity index is 281. The summed E-state index contributed by atoms with van der Waals surface area (Å²) in [7, 11) is 1.00. The number of aliphatic hydroxyl groups is 1. The van der Waals surface area contributed by atoms with Gasteiger partial charge in [0.2, 0.25) is 0 Å². The second-order valence-corrected chi connectivity index (χ2v) is 2.20. The van der Waals surface area contributed by atoms with Gasteiger partial charge in [0.1, 0.15) is 0 Å². The predicted octanol–water partition coefficient (Wildman–Crippen LogP) is 1.84. The Morgan fingerprint density at radius 3 is 2.42 bits per heavy atom. The fraction of sp³-hybridized carbons (Fsp3) is 0.100. The third-order valence-corrected chi connectivity index (χ3v) is 1.51. The third kappa shape index (κ3) is 1.80. The molecule has 0 saturated carbocycles. The van der Waals surface area contributed by atoms with E-state index < -0.39 is 0 Å². The largest absolute Gasteiger partial charge is 0.400 e. The first-order valence-electron chi connectivity index (χ1n) is 3.71. The van der Waals surface area contributed by atoms with Crippen LogP contribution < -0.4 is 0 Å². The molecule has 0 amide bonds. The lowest BCUT2D eigenvalue weighted by Crippen LogP contribution is -1.73. The smallest absolute Gasteiger partial charge is 0.0701 e. The number of hydrogen-bond acceptors (Lipinski definition) is 2. The Labute approximate surface area is 71.5 Å². The van der Waals surface area contributed by atoms with Crippen LogP contribution in [0.1, 0.15) is 0 Å². The minimum absolute atomic E-state index is 1.00. The van der Waals surface area contributed by atoms with Gasteiger partial charge in [-0.1, -0.05) is 24.3 Å². The summed E-state index contributed by atoms with van der Waals surface area (Å²) in [5.41, 5.74) is 1.06. The molecule has 1 aromatic heterocycles. The van der Waals surface area contributed by atoms with Gasteiger partial charge in [-0.15, -0.1) is 0 Å². The van der Waals surface area contributed by atoms with Crippen LogP contribution in [0.2, 0.25) is 0 Å². The molecule has 0 fully saturated rings. The second-order valence-electron chi connectivity index (χ2n) is 2.20. The number of benzene rings is 1. The Morgan fingerprint density at radius 1 is 1.00 bits per heavy atom. The molecule has 0 spiro atoms. The van der Waals surface area contributed by atoms with Crippen molar-refractivity contribution in [1.29, 1.82) is 0 Å². The van der Waals surface area contributed by atoms with Gasteiger partial charge in [-0.2, -0.15) is 0 Å². The summed E-state index contributed by atoms with van der Waals surface area (Å²) >= 11 is 0. The van der Waals surface area contributed by atoms with Gasteiger partial charge >= 0.3 is 0 Å². The van der Waals surface area contributed by atoms with Gasteiger partial charge in [-0.3, -0.25) is 4.98 Å². The quantitative estimate of drug-likeness (QED) is 0.639. The van der Waals surface area contributed by atoms with E-state index in [0.29, 0.717) is 0 Å². The molecule has 0 saturated heterocycles. The van der Waals surface area contributed by atoms with E-state index in [1.165, 1.54) is 5.39 Å². The van der Waals surface area contributed by atoms with Crippen molar-refractivity contribution in [3.05, 3.63) is 42.6 Å². The maximum absolute atomic E-state index is 7.00. The minimum atomic E-state index is 1.00. The first-order chi connectivity index (χ1) is 5.97. The van der Waals surface area contributed by atoms with Crippen LogP contribution in [0.15, 0.2) is 42.6 Å². The summed E-state index contributed by atoms with van der Waals surface area (Å²) in [5.74, 6) is 0. The lowest BCUT2D eigenvalue weighted by Gasteiger charge is -1.91. The zero-order valence-corrected chi connectivity index (χ0v) is 6.94. The van der Waals surface area contributed by atoms with Gasteiger partial charge in [0.05, 0.1) is 5.52 Å². The zero-order chi connectivity index (χ0) is 8.81. The molecular formula is C10H11NO. The molecule has 62 valence electrons. The molecule has 0 radical (unpaired) electrons. The van der Waals surface area contributed by atoms with Crippen molar-refractivity contribution in [3.8, 4) is 0 Å². The molecule has 1 heterocycles. The van der Waals surface area contributed by atoms with Gasteiger partial charge in [0, 0.05) is 18.7 Å². The van der Waals surface area contributed by atoms with E-state index in [4.69, 9.17) is 5.11 Å². The predicted molar refractivity (Wildman–Crippen MR) is 49.9 cm³/mol. The Morgan fingerprint density at radius 2 is 1.67 bits per heavy atom. The number of rotatable bonds is 0. The van der Waals surface area contributed by atoms with Crippen molar-refractivity contribution < 1.29 is 5.11 Å². The topological polar surface area (TPSA) is 33.1 Å². The van der Waals surface area contributed by atoms with Crippen molar-refractivity contribution in [2.24, 2.45) is 0 Å². The van der Waals surface area contributed by atoms with Crippen LogP contribution in [0.5, 0.6) is 0 Å². The number of para-hydroxylation sites is 1. The zero-order valence-electron chi connectivity index (χ0n) is 6.94. The van der Waals surface area contributed by atoms with E-state index >= 15 is 0 Å². The molecule has 2 nitrogen and oxygen atoms in total. The van der Waals surface area contributed by atoms with Gasteiger partial charge in [0.15, 0.2) is 0 Å². The van der Waals surface area contributed by atoms with Crippen molar-refractivity contribution in [1.82, 2.24) is 4.98 Å². The molecule has 2 aromatic rings. The average Bonchev–Trinajstić information content (AvgIpc) is 2.21. The van der Waals surface area contributed by atoms with Crippen molar-refractivity contribution in [2.45, 2.75) is 0 Å². The molecule has 0 aliphatic heterocycles. The van der Waals surface area contributed by atoms with Crippen molar-refractivity contribution >= 4 is 10.9 Å². The molecule has 0 atom stereocenters. The highest BCUT2D eigenvalue weighted by atomic mass is 16.2. The monoisotopic (exact) mass is 161 g/mol. The molecule has 1 aromatic carbocycles.